The van der Waals surface area contributed by atoms with Gasteiger partial charge >= 0.3 is 0 Å². The number of sulfonamides is 1. The molecule has 0 saturated carbocycles. The fourth-order valence-corrected chi connectivity index (χ4v) is 3.54. The third kappa shape index (κ3) is 4.04. The van der Waals surface area contributed by atoms with E-state index in [1.54, 1.807) is 18.4 Å². The maximum absolute atomic E-state index is 12.4. The van der Waals surface area contributed by atoms with E-state index in [0.717, 1.165) is 33.2 Å². The molecule has 0 fully saturated rings. The highest BCUT2D eigenvalue weighted by molar-refractivity contribution is 7.89. The molecule has 0 bridgehead atoms. The summed E-state index contributed by atoms with van der Waals surface area (Å²) in [6, 6.07) is 9.87. The summed E-state index contributed by atoms with van der Waals surface area (Å²) in [7, 11) is -3.73. The second-order valence-electron chi connectivity index (χ2n) is 6.73. The smallest absolute Gasteiger partial charge is 0.238 e. The van der Waals surface area contributed by atoms with Gasteiger partial charge in [0.05, 0.1) is 23.6 Å². The lowest BCUT2D eigenvalue weighted by Gasteiger charge is -2.14. The van der Waals surface area contributed by atoms with Gasteiger partial charge in [-0.25, -0.2) is 13.6 Å². The largest absolute Gasteiger partial charge is 0.464 e. The Labute approximate surface area is 158 Å². The van der Waals surface area contributed by atoms with Crippen molar-refractivity contribution >= 4 is 26.9 Å². The number of benzene rings is 2. The average Bonchev–Trinajstić information content (AvgIpc) is 3.00. The highest BCUT2D eigenvalue weighted by atomic mass is 32.2. The van der Waals surface area contributed by atoms with Gasteiger partial charge in [0.2, 0.25) is 15.9 Å². The molecule has 0 aliphatic carbocycles. The van der Waals surface area contributed by atoms with Gasteiger partial charge in [-0.15, -0.1) is 0 Å². The van der Waals surface area contributed by atoms with Crippen LogP contribution < -0.4 is 10.5 Å². The van der Waals surface area contributed by atoms with Crippen LogP contribution in [0.1, 0.15) is 35.2 Å². The maximum atomic E-state index is 12.4. The summed E-state index contributed by atoms with van der Waals surface area (Å²) in [5.74, 6) is -0.140. The van der Waals surface area contributed by atoms with E-state index in [9.17, 15) is 13.2 Å². The van der Waals surface area contributed by atoms with Crippen molar-refractivity contribution in [2.45, 2.75) is 38.1 Å². The zero-order valence-corrected chi connectivity index (χ0v) is 16.3. The van der Waals surface area contributed by atoms with Crippen LogP contribution in [0.4, 0.5) is 0 Å². The van der Waals surface area contributed by atoms with E-state index in [1.165, 1.54) is 12.1 Å². The number of furan rings is 1. The molecule has 1 atom stereocenters. The van der Waals surface area contributed by atoms with Crippen molar-refractivity contribution in [3.8, 4) is 0 Å². The third-order valence-electron chi connectivity index (χ3n) is 4.78. The van der Waals surface area contributed by atoms with Crippen molar-refractivity contribution in [1.82, 2.24) is 5.32 Å². The first-order valence-electron chi connectivity index (χ1n) is 8.55. The normalized spacial score (nSPS) is 12.9. The molecule has 142 valence electrons. The SMILES string of the molecule is Cc1ccc2c(CC(=O)NC(C)c3ccc(S(N)(=O)=O)cc3)coc2c1C. The predicted molar refractivity (Wildman–Crippen MR) is 104 cm³/mol. The van der Waals surface area contributed by atoms with Crippen LogP contribution in [0.5, 0.6) is 0 Å². The average molecular weight is 386 g/mol. The minimum atomic E-state index is -3.73. The zero-order valence-electron chi connectivity index (χ0n) is 15.4. The van der Waals surface area contributed by atoms with E-state index in [4.69, 9.17) is 9.56 Å². The number of carbonyl (C=O) groups excluding carboxylic acids is 1. The molecule has 3 rings (SSSR count). The molecule has 3 aromatic rings. The molecule has 6 nitrogen and oxygen atoms in total. The Balaban J connectivity index is 1.71. The van der Waals surface area contributed by atoms with Crippen molar-refractivity contribution < 1.29 is 17.6 Å². The highest BCUT2D eigenvalue weighted by Crippen LogP contribution is 2.27. The molecule has 0 aliphatic heterocycles. The van der Waals surface area contributed by atoms with Crippen LogP contribution in [0.15, 0.2) is 52.0 Å². The van der Waals surface area contributed by atoms with Gasteiger partial charge in [0.25, 0.3) is 0 Å². The summed E-state index contributed by atoms with van der Waals surface area (Å²) in [6.45, 7) is 5.86. The molecule has 1 aromatic heterocycles. The Hall–Kier alpha value is -2.64. The topological polar surface area (TPSA) is 102 Å². The number of hydrogen-bond acceptors (Lipinski definition) is 4. The molecular formula is C20H22N2O4S. The van der Waals surface area contributed by atoms with Gasteiger partial charge in [-0.05, 0) is 49.6 Å². The van der Waals surface area contributed by atoms with E-state index in [-0.39, 0.29) is 23.3 Å². The Morgan fingerprint density at radius 3 is 2.44 bits per heavy atom. The molecule has 1 heterocycles. The molecule has 1 unspecified atom stereocenters. The molecule has 3 N–H and O–H groups in total. The van der Waals surface area contributed by atoms with Crippen LogP contribution in [-0.4, -0.2) is 14.3 Å². The van der Waals surface area contributed by atoms with Crippen LogP contribution in [0.25, 0.3) is 11.0 Å². The molecule has 0 saturated heterocycles. The van der Waals surface area contributed by atoms with Crippen molar-refractivity contribution in [2.24, 2.45) is 5.14 Å². The number of fused-ring (bicyclic) bond motifs is 1. The lowest BCUT2D eigenvalue weighted by molar-refractivity contribution is -0.121. The molecule has 0 spiro atoms. The number of nitrogens with two attached hydrogens (primary N) is 1. The highest BCUT2D eigenvalue weighted by Gasteiger charge is 2.16. The van der Waals surface area contributed by atoms with Gasteiger partial charge in [0.1, 0.15) is 5.58 Å². The van der Waals surface area contributed by atoms with E-state index in [1.807, 2.05) is 32.9 Å². The number of amides is 1. The lowest BCUT2D eigenvalue weighted by Crippen LogP contribution is -2.28. The minimum absolute atomic E-state index is 0.0420. The lowest BCUT2D eigenvalue weighted by atomic mass is 10.0. The van der Waals surface area contributed by atoms with Crippen LogP contribution >= 0.6 is 0 Å². The summed E-state index contributed by atoms with van der Waals surface area (Å²) in [5.41, 5.74) is 4.65. The van der Waals surface area contributed by atoms with Crippen LogP contribution in [0.2, 0.25) is 0 Å². The molecule has 1 amide bonds. The van der Waals surface area contributed by atoms with Crippen LogP contribution in [0.3, 0.4) is 0 Å². The van der Waals surface area contributed by atoms with E-state index in [0.29, 0.717) is 0 Å². The second-order valence-corrected chi connectivity index (χ2v) is 8.29. The second kappa shape index (κ2) is 7.17. The maximum Gasteiger partial charge on any atom is 0.238 e. The summed E-state index contributed by atoms with van der Waals surface area (Å²) >= 11 is 0. The van der Waals surface area contributed by atoms with E-state index in [2.05, 4.69) is 5.32 Å². The number of primary sulfonamides is 1. The minimum Gasteiger partial charge on any atom is -0.464 e. The Morgan fingerprint density at radius 1 is 1.15 bits per heavy atom. The first-order valence-corrected chi connectivity index (χ1v) is 10.1. The van der Waals surface area contributed by atoms with Gasteiger partial charge < -0.3 is 9.73 Å². The Bertz CT molecular complexity index is 1100. The van der Waals surface area contributed by atoms with Crippen molar-refractivity contribution in [3.63, 3.8) is 0 Å². The molecule has 0 aliphatic rings. The number of carbonyl (C=O) groups is 1. The number of rotatable bonds is 5. The van der Waals surface area contributed by atoms with E-state index < -0.39 is 10.0 Å². The monoisotopic (exact) mass is 386 g/mol. The molecule has 0 radical (unpaired) electrons. The molecular weight excluding hydrogens is 364 g/mol. The Morgan fingerprint density at radius 2 is 1.81 bits per heavy atom. The summed E-state index contributed by atoms with van der Waals surface area (Å²) in [6.07, 6.45) is 1.83. The number of nitrogens with one attached hydrogen (secondary N) is 1. The van der Waals surface area contributed by atoms with Crippen molar-refractivity contribution in [1.29, 1.82) is 0 Å². The summed E-state index contributed by atoms with van der Waals surface area (Å²) in [4.78, 5) is 12.5. The van der Waals surface area contributed by atoms with Crippen LogP contribution in [0, 0.1) is 13.8 Å². The van der Waals surface area contributed by atoms with Crippen molar-refractivity contribution in [3.05, 3.63) is 64.9 Å². The molecule has 27 heavy (non-hydrogen) atoms. The quantitative estimate of drug-likeness (QED) is 0.703. The molecule has 7 heteroatoms. The van der Waals surface area contributed by atoms with Gasteiger partial charge in [-0.2, -0.15) is 0 Å². The van der Waals surface area contributed by atoms with Crippen LogP contribution in [-0.2, 0) is 21.2 Å². The summed E-state index contributed by atoms with van der Waals surface area (Å²) in [5, 5.41) is 8.96. The molecule has 2 aromatic carbocycles. The fraction of sp³-hybridized carbons (Fsp3) is 0.250. The van der Waals surface area contributed by atoms with Gasteiger partial charge in [-0.3, -0.25) is 4.79 Å². The first kappa shape index (κ1) is 19.1. The van der Waals surface area contributed by atoms with Crippen molar-refractivity contribution in [2.75, 3.05) is 0 Å². The first-order chi connectivity index (χ1) is 12.7. The predicted octanol–water partition coefficient (Wildman–Crippen LogP) is 3.12. The standard InChI is InChI=1S/C20H22N2O4S/c1-12-4-9-18-16(11-26-20(18)13(12)2)10-19(23)22-14(3)15-5-7-17(8-6-15)27(21,24)25/h4-9,11,14H,10H2,1-3H3,(H,22,23)(H2,21,24,25). The Kier molecular flexibility index (Phi) is 5.08. The number of aryl methyl sites for hydroxylation is 2. The van der Waals surface area contributed by atoms with Gasteiger partial charge in [0.15, 0.2) is 0 Å². The third-order valence-corrected chi connectivity index (χ3v) is 5.71. The summed E-state index contributed by atoms with van der Waals surface area (Å²) < 4.78 is 28.3. The number of hydrogen-bond donors (Lipinski definition) is 2. The van der Waals surface area contributed by atoms with Gasteiger partial charge in [-0.1, -0.05) is 24.3 Å². The van der Waals surface area contributed by atoms with Gasteiger partial charge in [0, 0.05) is 10.9 Å². The van der Waals surface area contributed by atoms with E-state index >= 15 is 0 Å². The zero-order chi connectivity index (χ0) is 19.8. The fourth-order valence-electron chi connectivity index (χ4n) is 3.02.